The Bertz CT molecular complexity index is 724. The second kappa shape index (κ2) is 4.80. The standard InChI is InChI=1S/C14H15N5O/c1-9-13(10(2)20-17-9)8-19-14(7-16-18-19)11-4-3-5-12(15)6-11/h3-7H,8,15H2,1-2H3. The van der Waals surface area contributed by atoms with Crippen molar-refractivity contribution in [3.63, 3.8) is 0 Å². The number of nitrogens with zero attached hydrogens (tertiary/aromatic N) is 4. The molecular formula is C14H15N5O. The predicted molar refractivity (Wildman–Crippen MR) is 74.9 cm³/mol. The van der Waals surface area contributed by atoms with Crippen molar-refractivity contribution in [3.8, 4) is 11.3 Å². The summed E-state index contributed by atoms with van der Waals surface area (Å²) >= 11 is 0. The zero-order valence-electron chi connectivity index (χ0n) is 11.4. The van der Waals surface area contributed by atoms with Crippen molar-refractivity contribution in [2.24, 2.45) is 0 Å². The van der Waals surface area contributed by atoms with Crippen LogP contribution in [0, 0.1) is 13.8 Å². The highest BCUT2D eigenvalue weighted by molar-refractivity contribution is 5.63. The SMILES string of the molecule is Cc1noc(C)c1Cn1nncc1-c1cccc(N)c1. The molecule has 3 aromatic rings. The maximum atomic E-state index is 5.82. The highest BCUT2D eigenvalue weighted by Gasteiger charge is 2.13. The van der Waals surface area contributed by atoms with Crippen LogP contribution in [-0.2, 0) is 6.54 Å². The van der Waals surface area contributed by atoms with E-state index in [2.05, 4.69) is 15.5 Å². The van der Waals surface area contributed by atoms with Crippen LogP contribution in [0.2, 0.25) is 0 Å². The number of hydrogen-bond donors (Lipinski definition) is 1. The number of aryl methyl sites for hydroxylation is 2. The maximum Gasteiger partial charge on any atom is 0.138 e. The molecule has 0 spiro atoms. The van der Waals surface area contributed by atoms with Crippen LogP contribution in [0.4, 0.5) is 5.69 Å². The van der Waals surface area contributed by atoms with Crippen molar-refractivity contribution in [3.05, 3.63) is 47.5 Å². The molecule has 0 aliphatic heterocycles. The lowest BCUT2D eigenvalue weighted by molar-refractivity contribution is 0.391. The minimum atomic E-state index is 0.575. The third-order valence-electron chi connectivity index (χ3n) is 3.29. The smallest absolute Gasteiger partial charge is 0.138 e. The minimum absolute atomic E-state index is 0.575. The highest BCUT2D eigenvalue weighted by atomic mass is 16.5. The molecule has 0 aliphatic rings. The van der Waals surface area contributed by atoms with E-state index in [4.69, 9.17) is 10.3 Å². The van der Waals surface area contributed by atoms with Crippen molar-refractivity contribution in [2.75, 3.05) is 5.73 Å². The molecule has 0 atom stereocenters. The molecule has 0 radical (unpaired) electrons. The molecule has 2 N–H and O–H groups in total. The topological polar surface area (TPSA) is 82.8 Å². The summed E-state index contributed by atoms with van der Waals surface area (Å²) in [6, 6.07) is 7.66. The first-order valence-corrected chi connectivity index (χ1v) is 6.31. The predicted octanol–water partition coefficient (Wildman–Crippen LogP) is 2.18. The molecule has 1 aromatic carbocycles. The van der Waals surface area contributed by atoms with Gasteiger partial charge in [-0.3, -0.25) is 0 Å². The van der Waals surface area contributed by atoms with Gasteiger partial charge in [-0.25, -0.2) is 4.68 Å². The van der Waals surface area contributed by atoms with Crippen LogP contribution in [0.15, 0.2) is 35.0 Å². The van der Waals surface area contributed by atoms with Gasteiger partial charge in [0, 0.05) is 16.8 Å². The zero-order chi connectivity index (χ0) is 14.1. The molecule has 6 nitrogen and oxygen atoms in total. The Labute approximate surface area is 116 Å². The monoisotopic (exact) mass is 269 g/mol. The fourth-order valence-corrected chi connectivity index (χ4v) is 2.17. The van der Waals surface area contributed by atoms with Gasteiger partial charge in [0.2, 0.25) is 0 Å². The van der Waals surface area contributed by atoms with Crippen molar-refractivity contribution in [2.45, 2.75) is 20.4 Å². The molecular weight excluding hydrogens is 254 g/mol. The van der Waals surface area contributed by atoms with Crippen molar-refractivity contribution in [1.29, 1.82) is 0 Å². The van der Waals surface area contributed by atoms with Crippen molar-refractivity contribution < 1.29 is 4.52 Å². The zero-order valence-corrected chi connectivity index (χ0v) is 11.4. The molecule has 0 saturated carbocycles. The lowest BCUT2D eigenvalue weighted by Gasteiger charge is -2.06. The van der Waals surface area contributed by atoms with Gasteiger partial charge >= 0.3 is 0 Å². The summed E-state index contributed by atoms with van der Waals surface area (Å²) < 4.78 is 7.00. The summed E-state index contributed by atoms with van der Waals surface area (Å²) in [5, 5.41) is 12.1. The van der Waals surface area contributed by atoms with E-state index in [1.165, 1.54) is 0 Å². The second-order valence-corrected chi connectivity index (χ2v) is 4.71. The van der Waals surface area contributed by atoms with Gasteiger partial charge in [-0.1, -0.05) is 22.5 Å². The van der Waals surface area contributed by atoms with Gasteiger partial charge < -0.3 is 10.3 Å². The summed E-state index contributed by atoms with van der Waals surface area (Å²) in [6.45, 7) is 4.39. The Balaban J connectivity index is 1.99. The number of aromatic nitrogens is 4. The summed E-state index contributed by atoms with van der Waals surface area (Å²) in [5.41, 5.74) is 10.3. The normalized spacial score (nSPS) is 10.9. The summed E-state index contributed by atoms with van der Waals surface area (Å²) in [4.78, 5) is 0. The minimum Gasteiger partial charge on any atom is -0.399 e. The van der Waals surface area contributed by atoms with Gasteiger partial charge in [0.25, 0.3) is 0 Å². The van der Waals surface area contributed by atoms with Gasteiger partial charge in [-0.15, -0.1) is 5.10 Å². The van der Waals surface area contributed by atoms with E-state index in [1.54, 1.807) is 6.20 Å². The molecule has 2 heterocycles. The Hall–Kier alpha value is -2.63. The third-order valence-corrected chi connectivity index (χ3v) is 3.29. The van der Waals surface area contributed by atoms with Gasteiger partial charge in [-0.2, -0.15) is 0 Å². The number of nitrogens with two attached hydrogens (primary N) is 1. The van der Waals surface area contributed by atoms with E-state index in [0.29, 0.717) is 12.2 Å². The lowest BCUT2D eigenvalue weighted by Crippen LogP contribution is -2.05. The van der Waals surface area contributed by atoms with Gasteiger partial charge in [0.05, 0.1) is 24.1 Å². The number of benzene rings is 1. The summed E-state index contributed by atoms with van der Waals surface area (Å²) in [7, 11) is 0. The van der Waals surface area contributed by atoms with Crippen molar-refractivity contribution in [1.82, 2.24) is 20.2 Å². The molecule has 0 amide bonds. The molecule has 3 rings (SSSR count). The van der Waals surface area contributed by atoms with E-state index in [1.807, 2.05) is 42.8 Å². The summed E-state index contributed by atoms with van der Waals surface area (Å²) in [6.07, 6.45) is 1.73. The van der Waals surface area contributed by atoms with Crippen molar-refractivity contribution >= 4 is 5.69 Å². The van der Waals surface area contributed by atoms with E-state index >= 15 is 0 Å². The van der Waals surface area contributed by atoms with Crippen LogP contribution >= 0.6 is 0 Å². The lowest BCUT2D eigenvalue weighted by atomic mass is 10.1. The molecule has 102 valence electrons. The Morgan fingerprint density at radius 2 is 2.15 bits per heavy atom. The van der Waals surface area contributed by atoms with Crippen LogP contribution in [0.3, 0.4) is 0 Å². The van der Waals surface area contributed by atoms with E-state index in [0.717, 1.165) is 28.3 Å². The Morgan fingerprint density at radius 1 is 1.30 bits per heavy atom. The van der Waals surface area contributed by atoms with Gasteiger partial charge in [-0.05, 0) is 26.0 Å². The van der Waals surface area contributed by atoms with Crippen LogP contribution in [0.1, 0.15) is 17.0 Å². The first kappa shape index (κ1) is 12.4. The van der Waals surface area contributed by atoms with Gasteiger partial charge in [0.1, 0.15) is 5.76 Å². The molecule has 0 aliphatic carbocycles. The largest absolute Gasteiger partial charge is 0.399 e. The maximum absolute atomic E-state index is 5.82. The molecule has 0 saturated heterocycles. The first-order valence-electron chi connectivity index (χ1n) is 6.31. The third kappa shape index (κ3) is 2.16. The fourth-order valence-electron chi connectivity index (χ4n) is 2.17. The molecule has 20 heavy (non-hydrogen) atoms. The number of anilines is 1. The molecule has 2 aromatic heterocycles. The molecule has 0 bridgehead atoms. The average molecular weight is 269 g/mol. The number of rotatable bonds is 3. The fraction of sp³-hybridized carbons (Fsp3) is 0.214. The van der Waals surface area contributed by atoms with Crippen LogP contribution in [0.5, 0.6) is 0 Å². The van der Waals surface area contributed by atoms with E-state index in [-0.39, 0.29) is 0 Å². The van der Waals surface area contributed by atoms with Crippen LogP contribution in [0.25, 0.3) is 11.3 Å². The second-order valence-electron chi connectivity index (χ2n) is 4.71. The van der Waals surface area contributed by atoms with E-state index < -0.39 is 0 Å². The summed E-state index contributed by atoms with van der Waals surface area (Å²) in [5.74, 6) is 0.802. The van der Waals surface area contributed by atoms with Crippen LogP contribution in [-0.4, -0.2) is 20.2 Å². The molecule has 0 unspecified atom stereocenters. The average Bonchev–Trinajstić information content (AvgIpc) is 3.01. The highest BCUT2D eigenvalue weighted by Crippen LogP contribution is 2.22. The molecule has 0 fully saturated rings. The Kier molecular flexibility index (Phi) is 2.98. The number of hydrogen-bond acceptors (Lipinski definition) is 5. The van der Waals surface area contributed by atoms with Crippen LogP contribution < -0.4 is 5.73 Å². The Morgan fingerprint density at radius 3 is 2.85 bits per heavy atom. The van der Waals surface area contributed by atoms with E-state index in [9.17, 15) is 0 Å². The quantitative estimate of drug-likeness (QED) is 0.737. The first-order chi connectivity index (χ1) is 9.65. The number of nitrogen functional groups attached to an aromatic ring is 1. The van der Waals surface area contributed by atoms with Gasteiger partial charge in [0.15, 0.2) is 0 Å². The molecule has 6 heteroatoms.